The van der Waals surface area contributed by atoms with Crippen molar-refractivity contribution in [1.29, 1.82) is 0 Å². The molecule has 73 heavy (non-hydrogen) atoms. The van der Waals surface area contributed by atoms with Gasteiger partial charge in [-0.1, -0.05) is 37.6 Å². The molecule has 15 nitrogen and oxygen atoms in total. The van der Waals surface area contributed by atoms with Gasteiger partial charge in [0, 0.05) is 98.1 Å². The van der Waals surface area contributed by atoms with E-state index in [0.29, 0.717) is 76.8 Å². The highest BCUT2D eigenvalue weighted by atomic mass is 16.2. The maximum atomic E-state index is 15.3. The number of nitrogens with one attached hydrogen (secondary N) is 2. The van der Waals surface area contributed by atoms with Crippen LogP contribution in [0.5, 0.6) is 0 Å². The van der Waals surface area contributed by atoms with Crippen molar-refractivity contribution in [2.24, 2.45) is 11.3 Å². The van der Waals surface area contributed by atoms with Gasteiger partial charge in [-0.15, -0.1) is 0 Å². The van der Waals surface area contributed by atoms with Gasteiger partial charge in [-0.05, 0) is 152 Å². The summed E-state index contributed by atoms with van der Waals surface area (Å²) in [5, 5.41) is 6.19. The number of likely N-dealkylation sites (tertiary alicyclic amines) is 3. The van der Waals surface area contributed by atoms with E-state index < -0.39 is 10.8 Å². The standard InChI is InChI=1S/C58H74N10O5/c1-36(2)67-35-59-47-34-46(61-52(51(47)67)60-41-10-11-41)40-8-13-45-49(31-40)68(43-32-42(33-43)63-22-6-5-7-23-63)56(73)58(45)20-28-66(29-21-58)55(72)57(4)18-26-65(27-19-57)54(71)38-16-24-64(25-17-38)48-14-9-39(30-37(48)3)44-12-15-50(69)62-53(44)70/h8-9,13-14,30-31,34-36,38,41-44H,5-7,10-12,15-29,32-33H2,1-4H3,(H,60,61)(H,62,69,70)/t42?,43?,44-/m1/s1. The fourth-order valence-corrected chi connectivity index (χ4v) is 13.9. The minimum atomic E-state index is -0.683. The first-order chi connectivity index (χ1) is 35.3. The summed E-state index contributed by atoms with van der Waals surface area (Å²) in [5.74, 6) is 0.639. The number of carbonyl (C=O) groups excluding carboxylic acids is 5. The van der Waals surface area contributed by atoms with Crippen LogP contribution >= 0.6 is 0 Å². The number of piperidine rings is 5. The zero-order chi connectivity index (χ0) is 50.3. The number of imidazole rings is 1. The number of imide groups is 1. The van der Waals surface area contributed by atoms with Crippen LogP contribution in [0, 0.1) is 18.3 Å². The molecule has 15 heteroatoms. The van der Waals surface area contributed by atoms with E-state index >= 15 is 4.79 Å². The lowest BCUT2D eigenvalue weighted by atomic mass is 9.72. The Morgan fingerprint density at radius 1 is 0.781 bits per heavy atom. The lowest BCUT2D eigenvalue weighted by Gasteiger charge is -2.48. The molecule has 2 saturated carbocycles. The van der Waals surface area contributed by atoms with E-state index in [1.165, 1.54) is 19.3 Å². The molecular weight excluding hydrogens is 917 g/mol. The third-order valence-corrected chi connectivity index (χ3v) is 18.7. The molecule has 4 aromatic rings. The third kappa shape index (κ3) is 8.68. The molecule has 0 bridgehead atoms. The van der Waals surface area contributed by atoms with E-state index in [1.807, 2.05) is 22.2 Å². The van der Waals surface area contributed by atoms with Crippen LogP contribution in [0.4, 0.5) is 17.2 Å². The fourth-order valence-electron chi connectivity index (χ4n) is 13.9. The molecule has 8 heterocycles. The number of aryl methyl sites for hydroxylation is 1. The molecule has 7 fully saturated rings. The van der Waals surface area contributed by atoms with Crippen LogP contribution in [-0.4, -0.2) is 129 Å². The molecule has 8 aliphatic rings. The van der Waals surface area contributed by atoms with Crippen molar-refractivity contribution in [3.63, 3.8) is 0 Å². The number of benzene rings is 2. The quantitative estimate of drug-likeness (QED) is 0.150. The zero-order valence-corrected chi connectivity index (χ0v) is 43.5. The predicted molar refractivity (Wildman–Crippen MR) is 282 cm³/mol. The number of fused-ring (bicyclic) bond motifs is 3. The molecule has 5 amide bonds. The first kappa shape index (κ1) is 48.1. The van der Waals surface area contributed by atoms with Gasteiger partial charge < -0.3 is 34.4 Å². The van der Waals surface area contributed by atoms with Crippen molar-refractivity contribution < 1.29 is 24.0 Å². The van der Waals surface area contributed by atoms with Crippen molar-refractivity contribution >= 4 is 57.8 Å². The van der Waals surface area contributed by atoms with Gasteiger partial charge in [-0.2, -0.15) is 0 Å². The molecule has 2 N–H and O–H groups in total. The van der Waals surface area contributed by atoms with E-state index in [0.717, 1.165) is 121 Å². The fraction of sp³-hybridized carbons (Fsp3) is 0.603. The summed E-state index contributed by atoms with van der Waals surface area (Å²) in [6.07, 6.45) is 14.9. The van der Waals surface area contributed by atoms with Crippen LogP contribution in [0.3, 0.4) is 0 Å². The smallest absolute Gasteiger partial charge is 0.238 e. The van der Waals surface area contributed by atoms with Gasteiger partial charge in [0.1, 0.15) is 5.52 Å². The second-order valence-corrected chi connectivity index (χ2v) is 23.7. The van der Waals surface area contributed by atoms with E-state index in [9.17, 15) is 19.2 Å². The number of anilines is 3. The Bertz CT molecular complexity index is 2830. The number of rotatable bonds is 10. The Labute approximate surface area is 429 Å². The van der Waals surface area contributed by atoms with Crippen molar-refractivity contribution in [1.82, 2.24) is 34.6 Å². The Hall–Kier alpha value is -5.83. The summed E-state index contributed by atoms with van der Waals surface area (Å²) in [7, 11) is 0. The molecule has 6 aliphatic heterocycles. The normalized spacial score (nSPS) is 25.6. The lowest BCUT2D eigenvalue weighted by Crippen LogP contribution is -2.59. The van der Waals surface area contributed by atoms with Crippen molar-refractivity contribution in [2.75, 3.05) is 67.5 Å². The van der Waals surface area contributed by atoms with Gasteiger partial charge in [0.25, 0.3) is 0 Å². The lowest BCUT2D eigenvalue weighted by molar-refractivity contribution is -0.150. The maximum absolute atomic E-state index is 15.3. The van der Waals surface area contributed by atoms with Gasteiger partial charge in [0.15, 0.2) is 5.82 Å². The Morgan fingerprint density at radius 2 is 1.51 bits per heavy atom. The molecule has 1 atom stereocenters. The summed E-state index contributed by atoms with van der Waals surface area (Å²) in [6.45, 7) is 14.6. The SMILES string of the molecule is Cc1cc([C@H]2CCC(=O)NC2=O)ccc1N1CCC(C(=O)N2CCC(C)(C(=O)N3CCC4(CC3)C(=O)N(C3CC(N5CCCCC5)C3)c3cc(-c5cc6ncn(C(C)C)c6c(NC6CC6)n5)ccc34)CC2)CC1. The summed E-state index contributed by atoms with van der Waals surface area (Å²) in [5.41, 5.74) is 7.81. The van der Waals surface area contributed by atoms with Crippen LogP contribution in [0.15, 0.2) is 48.8 Å². The van der Waals surface area contributed by atoms with Crippen LogP contribution in [0.1, 0.15) is 146 Å². The van der Waals surface area contributed by atoms with Crippen LogP contribution < -0.4 is 20.4 Å². The molecule has 386 valence electrons. The second-order valence-electron chi connectivity index (χ2n) is 23.7. The summed E-state index contributed by atoms with van der Waals surface area (Å²) in [4.78, 5) is 89.5. The van der Waals surface area contributed by atoms with Gasteiger partial charge in [-0.3, -0.25) is 29.3 Å². The van der Waals surface area contributed by atoms with Crippen molar-refractivity contribution in [3.8, 4) is 11.3 Å². The monoisotopic (exact) mass is 991 g/mol. The number of amides is 5. The number of carbonyl (C=O) groups is 5. The number of hydrogen-bond donors (Lipinski definition) is 2. The molecule has 12 rings (SSSR count). The Kier molecular flexibility index (Phi) is 12.4. The van der Waals surface area contributed by atoms with Gasteiger partial charge >= 0.3 is 0 Å². The van der Waals surface area contributed by atoms with Crippen molar-refractivity contribution in [2.45, 2.75) is 160 Å². The van der Waals surface area contributed by atoms with Gasteiger partial charge in [0.2, 0.25) is 29.5 Å². The topological polar surface area (TPSA) is 156 Å². The van der Waals surface area contributed by atoms with E-state index in [4.69, 9.17) is 9.97 Å². The zero-order valence-electron chi connectivity index (χ0n) is 43.5. The number of pyridine rings is 1. The average molecular weight is 991 g/mol. The summed E-state index contributed by atoms with van der Waals surface area (Å²) < 4.78 is 2.20. The highest BCUT2D eigenvalue weighted by Crippen LogP contribution is 2.53. The Balaban J connectivity index is 0.707. The van der Waals surface area contributed by atoms with Gasteiger partial charge in [0.05, 0.1) is 28.9 Å². The average Bonchev–Trinajstić information content (AvgIpc) is 4.05. The highest BCUT2D eigenvalue weighted by molar-refractivity contribution is 6.09. The molecule has 0 unspecified atom stereocenters. The number of hydrogen-bond acceptors (Lipinski definition) is 10. The summed E-state index contributed by atoms with van der Waals surface area (Å²) in [6, 6.07) is 16.2. The maximum Gasteiger partial charge on any atom is 0.238 e. The first-order valence-electron chi connectivity index (χ1n) is 27.9. The largest absolute Gasteiger partial charge is 0.371 e. The number of aromatic nitrogens is 3. The predicted octanol–water partition coefficient (Wildman–Crippen LogP) is 7.85. The van der Waals surface area contributed by atoms with Crippen LogP contribution in [-0.2, 0) is 29.4 Å². The summed E-state index contributed by atoms with van der Waals surface area (Å²) >= 11 is 0. The van der Waals surface area contributed by atoms with Crippen LogP contribution in [0.2, 0.25) is 0 Å². The van der Waals surface area contributed by atoms with Gasteiger partial charge in [-0.25, -0.2) is 9.97 Å². The minimum absolute atomic E-state index is 0.0491. The molecule has 5 saturated heterocycles. The molecule has 2 aromatic heterocycles. The van der Waals surface area contributed by atoms with E-state index in [1.54, 1.807) is 0 Å². The first-order valence-corrected chi connectivity index (χ1v) is 27.9. The Morgan fingerprint density at radius 3 is 2.19 bits per heavy atom. The van der Waals surface area contributed by atoms with Crippen molar-refractivity contribution in [3.05, 3.63) is 65.5 Å². The number of nitrogens with zero attached hydrogens (tertiary/aromatic N) is 8. The van der Waals surface area contributed by atoms with E-state index in [2.05, 4.69) is 94.0 Å². The van der Waals surface area contributed by atoms with E-state index in [-0.39, 0.29) is 53.5 Å². The molecule has 0 radical (unpaired) electrons. The molecule has 1 spiro atoms. The molecule has 2 aliphatic carbocycles. The molecular formula is C58H74N10O5. The minimum Gasteiger partial charge on any atom is -0.371 e. The van der Waals surface area contributed by atoms with Crippen LogP contribution in [0.25, 0.3) is 22.3 Å². The molecule has 2 aromatic carbocycles. The highest BCUT2D eigenvalue weighted by Gasteiger charge is 2.56. The third-order valence-electron chi connectivity index (χ3n) is 18.7. The second kappa shape index (κ2) is 18.8.